The van der Waals surface area contributed by atoms with E-state index < -0.39 is 0 Å². The number of benzene rings is 1. The minimum Gasteiger partial charge on any atom is -0.310 e. The van der Waals surface area contributed by atoms with Crippen molar-refractivity contribution < 1.29 is 4.79 Å². The molecule has 28 heavy (non-hydrogen) atoms. The average molecular weight is 421 g/mol. The van der Waals surface area contributed by atoms with Crippen molar-refractivity contribution in [3.63, 3.8) is 0 Å². The SMILES string of the molecule is C/C=C(\c1ccccc1CC)N(C)C(=O)c1ncc(Cl)cc1Cl.CC(C)(C)C. The van der Waals surface area contributed by atoms with Gasteiger partial charge in [-0.1, -0.05) is 88.2 Å². The highest BCUT2D eigenvalue weighted by molar-refractivity contribution is 6.36. The van der Waals surface area contributed by atoms with Gasteiger partial charge in [-0.15, -0.1) is 0 Å². The highest BCUT2D eigenvalue weighted by Gasteiger charge is 2.21. The largest absolute Gasteiger partial charge is 0.310 e. The number of allylic oxidation sites excluding steroid dienone is 1. The van der Waals surface area contributed by atoms with Gasteiger partial charge in [0.15, 0.2) is 0 Å². The summed E-state index contributed by atoms with van der Waals surface area (Å²) in [6, 6.07) is 9.55. The molecule has 0 N–H and O–H groups in total. The van der Waals surface area contributed by atoms with Crippen molar-refractivity contribution in [3.05, 3.63) is 69.5 Å². The van der Waals surface area contributed by atoms with Gasteiger partial charge >= 0.3 is 0 Å². The van der Waals surface area contributed by atoms with Crippen molar-refractivity contribution in [2.75, 3.05) is 7.05 Å². The fourth-order valence-corrected chi connectivity index (χ4v) is 2.91. The Labute approximate surface area is 179 Å². The van der Waals surface area contributed by atoms with Crippen LogP contribution < -0.4 is 0 Å². The van der Waals surface area contributed by atoms with Gasteiger partial charge in [-0.05, 0) is 30.4 Å². The highest BCUT2D eigenvalue weighted by Crippen LogP contribution is 2.26. The van der Waals surface area contributed by atoms with Gasteiger partial charge < -0.3 is 4.90 Å². The third-order valence-electron chi connectivity index (χ3n) is 3.62. The number of carbonyl (C=O) groups is 1. The van der Waals surface area contributed by atoms with Crippen molar-refractivity contribution in [2.24, 2.45) is 5.41 Å². The van der Waals surface area contributed by atoms with Crippen molar-refractivity contribution in [1.29, 1.82) is 0 Å². The normalized spacial score (nSPS) is 11.5. The summed E-state index contributed by atoms with van der Waals surface area (Å²) in [5, 5.41) is 0.644. The molecule has 1 aromatic carbocycles. The maximum atomic E-state index is 12.7. The Bertz CT molecular complexity index is 833. The van der Waals surface area contributed by atoms with Crippen LogP contribution in [0.25, 0.3) is 5.70 Å². The molecule has 1 amide bonds. The maximum Gasteiger partial charge on any atom is 0.278 e. The van der Waals surface area contributed by atoms with E-state index in [9.17, 15) is 4.79 Å². The van der Waals surface area contributed by atoms with Crippen LogP contribution in [0.1, 0.15) is 63.2 Å². The molecule has 0 spiro atoms. The van der Waals surface area contributed by atoms with Crippen LogP contribution in [0.3, 0.4) is 0 Å². The lowest BCUT2D eigenvalue weighted by Crippen LogP contribution is -2.27. The molecule has 0 aliphatic carbocycles. The lowest BCUT2D eigenvalue weighted by molar-refractivity contribution is 0.0855. The predicted molar refractivity (Wildman–Crippen MR) is 121 cm³/mol. The topological polar surface area (TPSA) is 33.2 Å². The molecule has 1 aromatic heterocycles. The molecular weight excluding hydrogens is 391 g/mol. The second-order valence-electron chi connectivity index (χ2n) is 8.03. The lowest BCUT2D eigenvalue weighted by atomic mass is 10.0. The number of aromatic nitrogens is 1. The van der Waals surface area contributed by atoms with Crippen LogP contribution in [0.2, 0.25) is 10.0 Å². The molecule has 152 valence electrons. The van der Waals surface area contributed by atoms with Gasteiger partial charge in [-0.2, -0.15) is 0 Å². The van der Waals surface area contributed by atoms with E-state index in [2.05, 4.69) is 45.7 Å². The minimum atomic E-state index is -0.273. The molecule has 2 rings (SSSR count). The van der Waals surface area contributed by atoms with E-state index in [1.807, 2.05) is 31.2 Å². The van der Waals surface area contributed by atoms with Crippen LogP contribution in [0.15, 0.2) is 42.6 Å². The first kappa shape index (κ1) is 24.2. The molecule has 0 unspecified atom stereocenters. The first-order valence-corrected chi connectivity index (χ1v) is 10.1. The Morgan fingerprint density at radius 2 is 1.75 bits per heavy atom. The summed E-state index contributed by atoms with van der Waals surface area (Å²) in [5.74, 6) is -0.273. The fourth-order valence-electron chi connectivity index (χ4n) is 2.45. The molecule has 0 saturated heterocycles. The Morgan fingerprint density at radius 1 is 1.18 bits per heavy atom. The van der Waals surface area contributed by atoms with Crippen LogP contribution in [0.5, 0.6) is 0 Å². The predicted octanol–water partition coefficient (Wildman–Crippen LogP) is 7.14. The summed E-state index contributed by atoms with van der Waals surface area (Å²) in [4.78, 5) is 18.4. The Hall–Kier alpha value is -1.84. The van der Waals surface area contributed by atoms with Gasteiger partial charge in [0.1, 0.15) is 5.69 Å². The maximum absolute atomic E-state index is 12.7. The van der Waals surface area contributed by atoms with Crippen molar-refractivity contribution in [1.82, 2.24) is 9.88 Å². The third-order valence-corrected chi connectivity index (χ3v) is 4.12. The summed E-state index contributed by atoms with van der Waals surface area (Å²) in [5.41, 5.74) is 3.71. The first-order chi connectivity index (χ1) is 13.0. The van der Waals surface area contributed by atoms with Gasteiger partial charge in [0.2, 0.25) is 0 Å². The molecule has 3 nitrogen and oxygen atoms in total. The molecule has 0 aliphatic rings. The second-order valence-corrected chi connectivity index (χ2v) is 8.88. The molecule has 0 aliphatic heterocycles. The first-order valence-electron chi connectivity index (χ1n) is 9.33. The zero-order valence-corrected chi connectivity index (χ0v) is 19.3. The standard InChI is InChI=1S/C18H18Cl2N2O.C5H12/c1-4-12-8-6-7-9-14(12)16(5-2)22(3)18(23)17-15(20)10-13(19)11-21-17;1-5(2,3)4/h5-11H,4H2,1-3H3;1-4H3/b16-5+;. The lowest BCUT2D eigenvalue weighted by Gasteiger charge is -2.23. The van der Waals surface area contributed by atoms with Gasteiger partial charge in [0.25, 0.3) is 5.91 Å². The third kappa shape index (κ3) is 7.29. The number of carbonyl (C=O) groups excluding carboxylic acids is 1. The number of halogens is 2. The monoisotopic (exact) mass is 420 g/mol. The summed E-state index contributed by atoms with van der Waals surface area (Å²) in [6.45, 7) is 12.7. The zero-order valence-electron chi connectivity index (χ0n) is 17.8. The smallest absolute Gasteiger partial charge is 0.278 e. The number of hydrogen-bond acceptors (Lipinski definition) is 2. The summed E-state index contributed by atoms with van der Waals surface area (Å²) in [6.07, 6.45) is 4.22. The number of rotatable bonds is 4. The van der Waals surface area contributed by atoms with E-state index >= 15 is 0 Å². The van der Waals surface area contributed by atoms with Crippen LogP contribution in [0.4, 0.5) is 0 Å². The molecular formula is C23H30Cl2N2O. The number of hydrogen-bond donors (Lipinski definition) is 0. The Balaban J connectivity index is 0.000000696. The van der Waals surface area contributed by atoms with Crippen molar-refractivity contribution in [2.45, 2.75) is 48.0 Å². The molecule has 2 aromatic rings. The highest BCUT2D eigenvalue weighted by atomic mass is 35.5. The van der Waals surface area contributed by atoms with Gasteiger partial charge in [-0.25, -0.2) is 4.98 Å². The number of aryl methyl sites for hydroxylation is 1. The Kier molecular flexibility index (Phi) is 9.19. The number of pyridine rings is 1. The molecule has 5 heteroatoms. The van der Waals surface area contributed by atoms with Gasteiger partial charge in [0.05, 0.1) is 10.0 Å². The van der Waals surface area contributed by atoms with Crippen LogP contribution >= 0.6 is 23.2 Å². The fraction of sp³-hybridized carbons (Fsp3) is 0.391. The van der Waals surface area contributed by atoms with E-state index in [0.717, 1.165) is 17.7 Å². The van der Waals surface area contributed by atoms with E-state index in [-0.39, 0.29) is 16.6 Å². The molecule has 0 fully saturated rings. The molecule has 0 bridgehead atoms. The van der Waals surface area contributed by atoms with Crippen molar-refractivity contribution in [3.8, 4) is 0 Å². The summed E-state index contributed by atoms with van der Waals surface area (Å²) >= 11 is 12.0. The molecule has 0 saturated carbocycles. The number of amides is 1. The Morgan fingerprint density at radius 3 is 2.25 bits per heavy atom. The van der Waals surface area contributed by atoms with E-state index in [1.54, 1.807) is 11.9 Å². The molecule has 0 atom stereocenters. The zero-order chi connectivity index (χ0) is 21.5. The van der Waals surface area contributed by atoms with E-state index in [1.165, 1.54) is 17.8 Å². The quantitative estimate of drug-likeness (QED) is 0.526. The van der Waals surface area contributed by atoms with Crippen LogP contribution in [0, 0.1) is 5.41 Å². The van der Waals surface area contributed by atoms with E-state index in [0.29, 0.717) is 10.4 Å². The molecule has 0 radical (unpaired) electrons. The molecule has 1 heterocycles. The van der Waals surface area contributed by atoms with Gasteiger partial charge in [0, 0.05) is 24.5 Å². The van der Waals surface area contributed by atoms with Crippen LogP contribution in [-0.2, 0) is 6.42 Å². The van der Waals surface area contributed by atoms with Gasteiger partial charge in [-0.3, -0.25) is 4.79 Å². The van der Waals surface area contributed by atoms with Crippen LogP contribution in [-0.4, -0.2) is 22.8 Å². The second kappa shape index (κ2) is 10.6. The average Bonchev–Trinajstić information content (AvgIpc) is 2.60. The summed E-state index contributed by atoms with van der Waals surface area (Å²) < 4.78 is 0. The minimum absolute atomic E-state index is 0.187. The summed E-state index contributed by atoms with van der Waals surface area (Å²) in [7, 11) is 1.72. The van der Waals surface area contributed by atoms with E-state index in [4.69, 9.17) is 23.2 Å². The van der Waals surface area contributed by atoms with Crippen molar-refractivity contribution >= 4 is 34.8 Å². The number of nitrogens with zero attached hydrogens (tertiary/aromatic N) is 2.